The molecule has 2 aromatic rings. The summed E-state index contributed by atoms with van der Waals surface area (Å²) in [6, 6.07) is 1.20. The molecule has 2 heterocycles. The maximum Gasteiger partial charge on any atom is 0.337 e. The van der Waals surface area contributed by atoms with E-state index in [2.05, 4.69) is 25.5 Å². The van der Waals surface area contributed by atoms with Gasteiger partial charge in [-0.05, 0) is 13.0 Å². The molecule has 0 radical (unpaired) electrons. The molecule has 0 unspecified atom stereocenters. The van der Waals surface area contributed by atoms with E-state index in [0.717, 1.165) is 12.3 Å². The minimum absolute atomic E-state index is 0.0874. The van der Waals surface area contributed by atoms with Crippen LogP contribution in [0.3, 0.4) is 0 Å². The molecule has 2 rings (SSSR count). The van der Waals surface area contributed by atoms with Gasteiger partial charge in [0.15, 0.2) is 0 Å². The summed E-state index contributed by atoms with van der Waals surface area (Å²) in [5.74, 6) is -1.01. The number of aromatic amines is 1. The molecule has 0 saturated heterocycles. The van der Waals surface area contributed by atoms with Crippen molar-refractivity contribution in [2.24, 2.45) is 0 Å². The zero-order valence-corrected chi connectivity index (χ0v) is 9.48. The smallest absolute Gasteiger partial charge is 0.337 e. The molecule has 7 nitrogen and oxygen atoms in total. The Morgan fingerprint density at radius 2 is 2.39 bits per heavy atom. The molecular formula is C10H10FN5O2. The third-order valence-electron chi connectivity index (χ3n) is 1.94. The number of pyridine rings is 1. The van der Waals surface area contributed by atoms with E-state index in [4.69, 9.17) is 4.74 Å². The maximum atomic E-state index is 12.9. The second-order valence-electron chi connectivity index (χ2n) is 3.25. The van der Waals surface area contributed by atoms with E-state index in [0.29, 0.717) is 6.61 Å². The number of nitrogens with zero attached hydrogens (tertiary/aromatic N) is 3. The van der Waals surface area contributed by atoms with Crippen molar-refractivity contribution in [2.45, 2.75) is 6.92 Å². The molecule has 0 saturated carbocycles. The van der Waals surface area contributed by atoms with Gasteiger partial charge in [-0.25, -0.2) is 9.49 Å². The molecule has 0 aliphatic rings. The molecule has 0 aliphatic heterocycles. The van der Waals surface area contributed by atoms with Gasteiger partial charge in [0.1, 0.15) is 5.82 Å². The summed E-state index contributed by atoms with van der Waals surface area (Å²) in [5, 5.41) is 8.59. The standard InChI is InChI=1S/C10H10FN5O2/c1-2-18-10-14-9(15-16-10)13-8(17)6-3-7(11)5-12-4-6/h3-5H,2H2,1H3,(H2,13,14,15,16,17). The highest BCUT2D eigenvalue weighted by atomic mass is 19.1. The van der Waals surface area contributed by atoms with Crippen molar-refractivity contribution in [3.63, 3.8) is 0 Å². The number of amides is 1. The van der Waals surface area contributed by atoms with Crippen LogP contribution in [0.2, 0.25) is 0 Å². The fourth-order valence-electron chi connectivity index (χ4n) is 1.21. The van der Waals surface area contributed by atoms with Gasteiger partial charge in [0.25, 0.3) is 5.91 Å². The summed E-state index contributed by atoms with van der Waals surface area (Å²) in [4.78, 5) is 19.1. The quantitative estimate of drug-likeness (QED) is 0.845. The van der Waals surface area contributed by atoms with Gasteiger partial charge in [0.2, 0.25) is 5.95 Å². The molecule has 0 aromatic carbocycles. The van der Waals surface area contributed by atoms with Crippen LogP contribution < -0.4 is 10.1 Å². The molecule has 2 aromatic heterocycles. The van der Waals surface area contributed by atoms with E-state index < -0.39 is 11.7 Å². The van der Waals surface area contributed by atoms with Crippen LogP contribution >= 0.6 is 0 Å². The van der Waals surface area contributed by atoms with Crippen LogP contribution in [0.5, 0.6) is 6.01 Å². The second-order valence-corrected chi connectivity index (χ2v) is 3.25. The number of anilines is 1. The number of hydrogen-bond donors (Lipinski definition) is 2. The maximum absolute atomic E-state index is 12.9. The summed E-state index contributed by atoms with van der Waals surface area (Å²) < 4.78 is 17.9. The molecule has 1 amide bonds. The van der Waals surface area contributed by atoms with E-state index in [-0.39, 0.29) is 17.5 Å². The predicted octanol–water partition coefficient (Wildman–Crippen LogP) is 0.990. The minimum atomic E-state index is -0.588. The van der Waals surface area contributed by atoms with Crippen LogP contribution in [0.4, 0.5) is 10.3 Å². The summed E-state index contributed by atoms with van der Waals surface area (Å²) in [6.45, 7) is 2.20. The normalized spacial score (nSPS) is 10.1. The molecule has 18 heavy (non-hydrogen) atoms. The van der Waals surface area contributed by atoms with E-state index in [1.54, 1.807) is 6.92 Å². The topological polar surface area (TPSA) is 92.8 Å². The van der Waals surface area contributed by atoms with Gasteiger partial charge in [-0.15, -0.1) is 5.10 Å². The Bertz CT molecular complexity index is 557. The van der Waals surface area contributed by atoms with Crippen LogP contribution in [-0.2, 0) is 0 Å². The fraction of sp³-hybridized carbons (Fsp3) is 0.200. The van der Waals surface area contributed by atoms with Gasteiger partial charge in [-0.2, -0.15) is 4.98 Å². The summed E-state index contributed by atoms with van der Waals surface area (Å²) in [7, 11) is 0. The van der Waals surface area contributed by atoms with Crippen molar-refractivity contribution in [3.05, 3.63) is 29.8 Å². The van der Waals surface area contributed by atoms with E-state index in [1.165, 1.54) is 6.20 Å². The first-order valence-corrected chi connectivity index (χ1v) is 5.16. The summed E-state index contributed by atoms with van der Waals surface area (Å²) in [6.07, 6.45) is 2.26. The monoisotopic (exact) mass is 251 g/mol. The average molecular weight is 251 g/mol. The number of carbonyl (C=O) groups is 1. The van der Waals surface area contributed by atoms with Gasteiger partial charge in [0, 0.05) is 6.20 Å². The van der Waals surface area contributed by atoms with Crippen LogP contribution in [0.25, 0.3) is 0 Å². The zero-order chi connectivity index (χ0) is 13.0. The molecule has 8 heteroatoms. The van der Waals surface area contributed by atoms with Gasteiger partial charge in [0.05, 0.1) is 18.4 Å². The lowest BCUT2D eigenvalue weighted by Crippen LogP contribution is -2.13. The highest BCUT2D eigenvalue weighted by Crippen LogP contribution is 2.08. The lowest BCUT2D eigenvalue weighted by Gasteiger charge is -2.00. The molecule has 0 fully saturated rings. The highest BCUT2D eigenvalue weighted by molar-refractivity contribution is 6.03. The third-order valence-corrected chi connectivity index (χ3v) is 1.94. The predicted molar refractivity (Wildman–Crippen MR) is 59.7 cm³/mol. The Morgan fingerprint density at radius 1 is 1.56 bits per heavy atom. The third kappa shape index (κ3) is 2.78. The fourth-order valence-corrected chi connectivity index (χ4v) is 1.21. The first-order chi connectivity index (χ1) is 8.69. The molecule has 0 aliphatic carbocycles. The molecule has 0 bridgehead atoms. The van der Waals surface area contributed by atoms with Crippen LogP contribution in [0, 0.1) is 5.82 Å². The Balaban J connectivity index is 2.06. The number of aromatic nitrogens is 4. The second kappa shape index (κ2) is 5.21. The number of hydrogen-bond acceptors (Lipinski definition) is 5. The Morgan fingerprint density at radius 3 is 3.11 bits per heavy atom. The molecular weight excluding hydrogens is 241 g/mol. The van der Waals surface area contributed by atoms with Crippen molar-refractivity contribution in [1.82, 2.24) is 20.2 Å². The van der Waals surface area contributed by atoms with Crippen molar-refractivity contribution >= 4 is 11.9 Å². The number of carbonyl (C=O) groups excluding carboxylic acids is 1. The Labute approximate surface area is 101 Å². The van der Waals surface area contributed by atoms with E-state index >= 15 is 0 Å². The number of nitrogens with one attached hydrogen (secondary N) is 2. The lowest BCUT2D eigenvalue weighted by atomic mass is 10.2. The van der Waals surface area contributed by atoms with E-state index in [1.807, 2.05) is 0 Å². The number of halogens is 1. The Hall–Kier alpha value is -2.51. The molecule has 0 atom stereocenters. The average Bonchev–Trinajstić information content (AvgIpc) is 2.77. The first kappa shape index (κ1) is 12.0. The zero-order valence-electron chi connectivity index (χ0n) is 9.48. The molecule has 0 spiro atoms. The van der Waals surface area contributed by atoms with Gasteiger partial charge in [-0.3, -0.25) is 15.1 Å². The largest absolute Gasteiger partial charge is 0.463 e. The Kier molecular flexibility index (Phi) is 3.46. The summed E-state index contributed by atoms with van der Waals surface area (Å²) in [5.41, 5.74) is 0.0874. The lowest BCUT2D eigenvalue weighted by molar-refractivity contribution is 0.102. The van der Waals surface area contributed by atoms with Crippen molar-refractivity contribution in [2.75, 3.05) is 11.9 Å². The molecule has 94 valence electrons. The summed E-state index contributed by atoms with van der Waals surface area (Å²) >= 11 is 0. The van der Waals surface area contributed by atoms with Crippen LogP contribution in [0.15, 0.2) is 18.5 Å². The van der Waals surface area contributed by atoms with Crippen molar-refractivity contribution in [3.8, 4) is 6.01 Å². The van der Waals surface area contributed by atoms with Crippen LogP contribution in [0.1, 0.15) is 17.3 Å². The van der Waals surface area contributed by atoms with Gasteiger partial charge >= 0.3 is 6.01 Å². The van der Waals surface area contributed by atoms with E-state index in [9.17, 15) is 9.18 Å². The number of rotatable bonds is 4. The van der Waals surface area contributed by atoms with Gasteiger partial charge in [-0.1, -0.05) is 0 Å². The first-order valence-electron chi connectivity index (χ1n) is 5.16. The van der Waals surface area contributed by atoms with Crippen molar-refractivity contribution in [1.29, 1.82) is 0 Å². The highest BCUT2D eigenvalue weighted by Gasteiger charge is 2.10. The number of ether oxygens (including phenoxy) is 1. The minimum Gasteiger partial charge on any atom is -0.463 e. The van der Waals surface area contributed by atoms with Gasteiger partial charge < -0.3 is 4.74 Å². The van der Waals surface area contributed by atoms with Crippen molar-refractivity contribution < 1.29 is 13.9 Å². The number of H-pyrrole nitrogens is 1. The molecule has 2 N–H and O–H groups in total. The SMILES string of the molecule is CCOc1n[nH]c(NC(=O)c2cncc(F)c2)n1. The van der Waals surface area contributed by atoms with Crippen LogP contribution in [-0.4, -0.2) is 32.7 Å².